The molecule has 11 heteroatoms. The third-order valence-electron chi connectivity index (χ3n) is 6.17. The molecule has 10 nitrogen and oxygen atoms in total. The fourth-order valence-electron chi connectivity index (χ4n) is 4.49. The quantitative estimate of drug-likeness (QED) is 0.544. The van der Waals surface area contributed by atoms with Crippen LogP contribution >= 0.6 is 11.6 Å². The Morgan fingerprint density at radius 3 is 2.91 bits per heavy atom. The standard InChI is InChI=1S/C24H26ClN7O3/c1-35-20-8-7-15(25)11-17(20)22-19(13-31(30-22)14-21(33)28-16-5-2-3-6-16)29-24(34)18-12-27-32-10-4-9-26-23(18)32/h4,7-11,13,16,27H,2-3,5-6,12,14H2,1H3,(H,28,33)(H,29,34). The fraction of sp³-hybridized carbons (Fsp3) is 0.333. The summed E-state index contributed by atoms with van der Waals surface area (Å²) in [7, 11) is 1.55. The molecule has 0 spiro atoms. The van der Waals surface area contributed by atoms with Gasteiger partial charge in [0.1, 0.15) is 18.0 Å². The van der Waals surface area contributed by atoms with Crippen molar-refractivity contribution in [3.8, 4) is 17.0 Å². The Bertz CT molecular complexity index is 1240. The number of nitrogens with zero attached hydrogens (tertiary/aromatic N) is 4. The van der Waals surface area contributed by atoms with E-state index in [2.05, 4.69) is 26.2 Å². The molecular formula is C24H26ClN7O3. The van der Waals surface area contributed by atoms with Gasteiger partial charge in [-0.2, -0.15) is 5.10 Å². The molecule has 1 fully saturated rings. The van der Waals surface area contributed by atoms with Gasteiger partial charge in [-0.25, -0.2) is 10.4 Å². The molecule has 0 atom stereocenters. The van der Waals surface area contributed by atoms with Gasteiger partial charge < -0.3 is 15.4 Å². The molecule has 0 bridgehead atoms. The summed E-state index contributed by atoms with van der Waals surface area (Å²) in [6.45, 7) is 0.358. The lowest BCUT2D eigenvalue weighted by molar-refractivity contribution is -0.122. The molecule has 3 heterocycles. The number of amides is 2. The van der Waals surface area contributed by atoms with Crippen molar-refractivity contribution in [1.29, 1.82) is 0 Å². The van der Waals surface area contributed by atoms with Gasteiger partial charge in [0, 0.05) is 41.8 Å². The molecule has 1 saturated carbocycles. The zero-order valence-corrected chi connectivity index (χ0v) is 20.0. The molecular weight excluding hydrogens is 470 g/mol. The first-order valence-electron chi connectivity index (χ1n) is 11.5. The fourth-order valence-corrected chi connectivity index (χ4v) is 4.67. The number of hydrogen-bond donors (Lipinski definition) is 3. The van der Waals surface area contributed by atoms with E-state index in [-0.39, 0.29) is 24.4 Å². The van der Waals surface area contributed by atoms with E-state index in [1.807, 2.05) is 0 Å². The highest BCUT2D eigenvalue weighted by Crippen LogP contribution is 2.36. The molecule has 1 aliphatic carbocycles. The van der Waals surface area contributed by atoms with Crippen molar-refractivity contribution in [1.82, 2.24) is 25.5 Å². The molecule has 2 aromatic rings. The Morgan fingerprint density at radius 2 is 2.11 bits per heavy atom. The number of aliphatic imine (C=N–C) groups is 1. The third-order valence-corrected chi connectivity index (χ3v) is 6.40. The van der Waals surface area contributed by atoms with Crippen molar-refractivity contribution in [2.45, 2.75) is 38.3 Å². The Morgan fingerprint density at radius 1 is 1.29 bits per heavy atom. The van der Waals surface area contributed by atoms with E-state index < -0.39 is 0 Å². The number of carbonyl (C=O) groups excluding carboxylic acids is 2. The number of fused-ring (bicyclic) bond motifs is 1. The highest BCUT2D eigenvalue weighted by Gasteiger charge is 2.28. The van der Waals surface area contributed by atoms with Crippen LogP contribution in [0.1, 0.15) is 25.7 Å². The number of hydrazine groups is 1. The van der Waals surface area contributed by atoms with Crippen molar-refractivity contribution in [3.63, 3.8) is 0 Å². The molecule has 35 heavy (non-hydrogen) atoms. The Hall–Kier alpha value is -3.63. The number of rotatable bonds is 7. The van der Waals surface area contributed by atoms with Crippen LogP contribution in [0, 0.1) is 0 Å². The molecule has 1 aromatic carbocycles. The number of anilines is 1. The minimum atomic E-state index is -0.320. The minimum Gasteiger partial charge on any atom is -0.496 e. The van der Waals surface area contributed by atoms with Crippen LogP contribution in [0.5, 0.6) is 5.75 Å². The molecule has 0 radical (unpaired) electrons. The van der Waals surface area contributed by atoms with Crippen molar-refractivity contribution >= 4 is 35.3 Å². The van der Waals surface area contributed by atoms with Gasteiger partial charge in [-0.05, 0) is 37.1 Å². The summed E-state index contributed by atoms with van der Waals surface area (Å²) in [5.74, 6) is 0.643. The zero-order chi connectivity index (χ0) is 24.4. The van der Waals surface area contributed by atoms with Gasteiger partial charge in [-0.15, -0.1) is 0 Å². The molecule has 182 valence electrons. The first-order chi connectivity index (χ1) is 17.0. The average molecular weight is 496 g/mol. The maximum Gasteiger partial charge on any atom is 0.256 e. The lowest BCUT2D eigenvalue weighted by Crippen LogP contribution is -2.35. The molecule has 0 unspecified atom stereocenters. The van der Waals surface area contributed by atoms with Crippen LogP contribution in [0.15, 0.2) is 53.1 Å². The Labute approximate surface area is 207 Å². The van der Waals surface area contributed by atoms with Gasteiger partial charge in [0.2, 0.25) is 5.91 Å². The van der Waals surface area contributed by atoms with Gasteiger partial charge >= 0.3 is 0 Å². The number of nitrogens with one attached hydrogen (secondary N) is 3. The summed E-state index contributed by atoms with van der Waals surface area (Å²) in [4.78, 5) is 30.2. The van der Waals surface area contributed by atoms with Crippen LogP contribution in [0.25, 0.3) is 11.3 Å². The summed E-state index contributed by atoms with van der Waals surface area (Å²) in [5, 5.41) is 12.8. The number of benzene rings is 1. The summed E-state index contributed by atoms with van der Waals surface area (Å²) in [5.41, 5.74) is 5.08. The van der Waals surface area contributed by atoms with E-state index in [4.69, 9.17) is 16.3 Å². The molecule has 5 rings (SSSR count). The van der Waals surface area contributed by atoms with E-state index in [1.54, 1.807) is 55.0 Å². The normalized spacial score (nSPS) is 17.1. The highest BCUT2D eigenvalue weighted by atomic mass is 35.5. The number of methoxy groups -OCH3 is 1. The van der Waals surface area contributed by atoms with Crippen LogP contribution in [0.2, 0.25) is 5.02 Å². The monoisotopic (exact) mass is 495 g/mol. The van der Waals surface area contributed by atoms with Gasteiger partial charge in [0.15, 0.2) is 5.82 Å². The number of halogens is 1. The number of aromatic nitrogens is 2. The summed E-state index contributed by atoms with van der Waals surface area (Å²) < 4.78 is 7.03. The number of hydrogen-bond acceptors (Lipinski definition) is 7. The summed E-state index contributed by atoms with van der Waals surface area (Å²) in [6.07, 6.45) is 11.1. The van der Waals surface area contributed by atoms with E-state index in [0.29, 0.717) is 45.7 Å². The van der Waals surface area contributed by atoms with Gasteiger partial charge in [0.05, 0.1) is 18.4 Å². The molecule has 3 aliphatic rings. The first kappa shape index (κ1) is 23.1. The van der Waals surface area contributed by atoms with E-state index in [1.165, 1.54) is 4.68 Å². The van der Waals surface area contributed by atoms with Crippen LogP contribution in [0.4, 0.5) is 5.69 Å². The summed E-state index contributed by atoms with van der Waals surface area (Å²) in [6, 6.07) is 5.38. The SMILES string of the molecule is COc1ccc(Cl)cc1-c1nn(CC(=O)NC2CCCC2)cc1NC(=O)C1=C2N=CC=CN2NC1. The van der Waals surface area contributed by atoms with Crippen molar-refractivity contribution < 1.29 is 14.3 Å². The predicted octanol–water partition coefficient (Wildman–Crippen LogP) is 2.84. The average Bonchev–Trinajstić information content (AvgIpc) is 3.59. The van der Waals surface area contributed by atoms with Crippen LogP contribution in [-0.2, 0) is 16.1 Å². The smallest absolute Gasteiger partial charge is 0.256 e. The van der Waals surface area contributed by atoms with Crippen LogP contribution in [0.3, 0.4) is 0 Å². The number of carbonyl (C=O) groups is 2. The molecule has 2 amide bonds. The van der Waals surface area contributed by atoms with Crippen molar-refractivity contribution in [2.75, 3.05) is 19.0 Å². The maximum atomic E-state index is 13.2. The van der Waals surface area contributed by atoms with Crippen LogP contribution < -0.4 is 20.8 Å². The van der Waals surface area contributed by atoms with Gasteiger partial charge in [-0.1, -0.05) is 24.4 Å². The van der Waals surface area contributed by atoms with Crippen LogP contribution in [-0.4, -0.2) is 52.5 Å². The maximum absolute atomic E-state index is 13.2. The Kier molecular flexibility index (Phi) is 6.56. The van der Waals surface area contributed by atoms with Gasteiger partial charge in [-0.3, -0.25) is 19.3 Å². The third kappa shape index (κ3) is 4.94. The first-order valence-corrected chi connectivity index (χ1v) is 11.9. The molecule has 0 saturated heterocycles. The molecule has 2 aliphatic heterocycles. The lowest BCUT2D eigenvalue weighted by atomic mass is 10.1. The molecule has 1 aromatic heterocycles. The summed E-state index contributed by atoms with van der Waals surface area (Å²) >= 11 is 6.26. The lowest BCUT2D eigenvalue weighted by Gasteiger charge is -2.15. The van der Waals surface area contributed by atoms with E-state index in [9.17, 15) is 9.59 Å². The van der Waals surface area contributed by atoms with Crippen molar-refractivity contribution in [2.24, 2.45) is 4.99 Å². The minimum absolute atomic E-state index is 0.0284. The highest BCUT2D eigenvalue weighted by molar-refractivity contribution is 6.31. The number of ether oxygens (including phenoxy) is 1. The largest absolute Gasteiger partial charge is 0.496 e. The van der Waals surface area contributed by atoms with E-state index >= 15 is 0 Å². The molecule has 3 N–H and O–H groups in total. The van der Waals surface area contributed by atoms with Gasteiger partial charge in [0.25, 0.3) is 5.91 Å². The van der Waals surface area contributed by atoms with Crippen molar-refractivity contribution in [3.05, 3.63) is 53.1 Å². The second kappa shape index (κ2) is 9.93. The zero-order valence-electron chi connectivity index (χ0n) is 19.3. The topological polar surface area (TPSA) is 113 Å². The second-order valence-corrected chi connectivity index (χ2v) is 9.00. The second-order valence-electron chi connectivity index (χ2n) is 8.56. The number of allylic oxidation sites excluding steroid dienone is 1. The van der Waals surface area contributed by atoms with E-state index in [0.717, 1.165) is 25.7 Å². The Balaban J connectivity index is 1.45. The predicted molar refractivity (Wildman–Crippen MR) is 133 cm³/mol.